The average molecular weight is 344 g/mol. The maximum Gasteiger partial charge on any atom is 0.305 e. The molecule has 2 fully saturated rings. The number of hydrogen-bond donors (Lipinski definition) is 0. The second-order valence-electron chi connectivity index (χ2n) is 8.07. The van der Waals surface area contributed by atoms with Crippen molar-refractivity contribution in [3.05, 3.63) is 35.9 Å². The fourth-order valence-electron chi connectivity index (χ4n) is 5.35. The fourth-order valence-corrected chi connectivity index (χ4v) is 5.35. The van der Waals surface area contributed by atoms with Gasteiger partial charge in [-0.25, -0.2) is 0 Å². The number of carbonyl (C=O) groups is 1. The van der Waals surface area contributed by atoms with Crippen molar-refractivity contribution in [1.82, 2.24) is 4.90 Å². The minimum absolute atomic E-state index is 0.0491. The molecule has 2 saturated heterocycles. The molecule has 1 aromatic rings. The molecule has 3 heteroatoms. The zero-order chi connectivity index (χ0) is 17.8. The summed E-state index contributed by atoms with van der Waals surface area (Å²) in [6, 6.07) is 12.0. The Morgan fingerprint density at radius 1 is 1.16 bits per heavy atom. The lowest BCUT2D eigenvalue weighted by molar-refractivity contribution is -0.143. The van der Waals surface area contributed by atoms with E-state index in [0.29, 0.717) is 30.3 Å². The van der Waals surface area contributed by atoms with Gasteiger partial charge in [0.2, 0.25) is 0 Å². The van der Waals surface area contributed by atoms with E-state index in [1.807, 2.05) is 0 Å². The van der Waals surface area contributed by atoms with E-state index in [-0.39, 0.29) is 5.97 Å². The molecule has 0 radical (unpaired) electrons. The number of unbranched alkanes of at least 4 members (excludes halogenated alkanes) is 1. The second-order valence-corrected chi connectivity index (χ2v) is 8.07. The highest BCUT2D eigenvalue weighted by Crippen LogP contribution is 2.48. The first kappa shape index (κ1) is 18.4. The highest BCUT2D eigenvalue weighted by molar-refractivity contribution is 5.69. The van der Waals surface area contributed by atoms with E-state index in [9.17, 15) is 4.79 Å². The lowest BCUT2D eigenvalue weighted by Gasteiger charge is -2.43. The van der Waals surface area contributed by atoms with Gasteiger partial charge in [-0.15, -0.1) is 0 Å². The molecular weight excluding hydrogens is 310 g/mol. The number of benzene rings is 1. The van der Waals surface area contributed by atoms with E-state index in [4.69, 9.17) is 4.74 Å². The van der Waals surface area contributed by atoms with Crippen molar-refractivity contribution in [2.24, 2.45) is 17.8 Å². The van der Waals surface area contributed by atoms with Gasteiger partial charge < -0.3 is 4.74 Å². The topological polar surface area (TPSA) is 29.5 Å². The van der Waals surface area contributed by atoms with Crippen LogP contribution in [0.25, 0.3) is 0 Å². The molecule has 0 aliphatic carbocycles. The van der Waals surface area contributed by atoms with E-state index >= 15 is 0 Å². The summed E-state index contributed by atoms with van der Waals surface area (Å²) in [5.41, 5.74) is 1.40. The van der Waals surface area contributed by atoms with Crippen LogP contribution < -0.4 is 0 Å². The molecule has 5 unspecified atom stereocenters. The van der Waals surface area contributed by atoms with Crippen LogP contribution in [-0.2, 0) is 16.0 Å². The maximum atomic E-state index is 12.1. The molecule has 2 aliphatic heterocycles. The summed E-state index contributed by atoms with van der Waals surface area (Å²) in [6.07, 6.45) is 8.07. The van der Waals surface area contributed by atoms with E-state index < -0.39 is 0 Å². The Morgan fingerprint density at radius 2 is 1.88 bits per heavy atom. The van der Waals surface area contributed by atoms with Crippen molar-refractivity contribution in [1.29, 1.82) is 0 Å². The summed E-state index contributed by atoms with van der Waals surface area (Å²) in [7, 11) is 3.80. The number of hydrogen-bond acceptors (Lipinski definition) is 3. The number of methoxy groups -OCH3 is 1. The predicted octanol–water partition coefficient (Wildman–Crippen LogP) is 4.31. The van der Waals surface area contributed by atoms with Crippen LogP contribution >= 0.6 is 0 Å². The highest BCUT2D eigenvalue weighted by atomic mass is 16.5. The Balaban J connectivity index is 1.78. The maximum absolute atomic E-state index is 12.1. The van der Waals surface area contributed by atoms with Crippen LogP contribution in [0.4, 0.5) is 0 Å². The van der Waals surface area contributed by atoms with Gasteiger partial charge in [-0.3, -0.25) is 9.69 Å². The van der Waals surface area contributed by atoms with Crippen LogP contribution in [0.1, 0.15) is 51.0 Å². The second kappa shape index (κ2) is 8.35. The molecule has 0 amide bonds. The Kier molecular flexibility index (Phi) is 6.16. The normalized spacial score (nSPS) is 31.9. The van der Waals surface area contributed by atoms with Crippen LogP contribution in [0.5, 0.6) is 0 Å². The molecule has 2 heterocycles. The van der Waals surface area contributed by atoms with Gasteiger partial charge in [0, 0.05) is 12.1 Å². The lowest BCUT2D eigenvalue weighted by atomic mass is 9.75. The van der Waals surface area contributed by atoms with Gasteiger partial charge >= 0.3 is 5.97 Å². The number of nitrogens with zero attached hydrogens (tertiary/aromatic N) is 1. The summed E-state index contributed by atoms with van der Waals surface area (Å²) >= 11 is 0. The van der Waals surface area contributed by atoms with E-state index in [0.717, 1.165) is 12.3 Å². The Morgan fingerprint density at radius 3 is 2.56 bits per heavy atom. The van der Waals surface area contributed by atoms with Crippen molar-refractivity contribution in [3.63, 3.8) is 0 Å². The third-order valence-electron chi connectivity index (χ3n) is 6.68. The molecule has 3 nitrogen and oxygen atoms in total. The summed E-state index contributed by atoms with van der Waals surface area (Å²) in [5, 5.41) is 0. The molecule has 0 saturated carbocycles. The predicted molar refractivity (Wildman–Crippen MR) is 101 cm³/mol. The molecule has 0 aromatic heterocycles. The summed E-state index contributed by atoms with van der Waals surface area (Å²) in [4.78, 5) is 14.7. The minimum atomic E-state index is -0.0491. The van der Waals surface area contributed by atoms with Gasteiger partial charge in [0.1, 0.15) is 0 Å². The van der Waals surface area contributed by atoms with Crippen molar-refractivity contribution < 1.29 is 9.53 Å². The molecule has 138 valence electrons. The average Bonchev–Trinajstić information content (AvgIpc) is 2.84. The molecule has 1 aromatic carbocycles. The van der Waals surface area contributed by atoms with Gasteiger partial charge in [0.05, 0.1) is 13.5 Å². The standard InChI is InChI=1S/C22H33NO2/c1-4-5-11-17-13-21-19(15-22(24)25-3)18(14-20(17)23(21)2)12-16-9-7-6-8-10-16/h6-10,17-21H,4-5,11-15H2,1-3H3. The summed E-state index contributed by atoms with van der Waals surface area (Å²) in [5.74, 6) is 1.75. The molecule has 0 N–H and O–H groups in total. The number of piperidine rings is 1. The van der Waals surface area contributed by atoms with Crippen LogP contribution in [0.15, 0.2) is 30.3 Å². The van der Waals surface area contributed by atoms with Gasteiger partial charge in [0.25, 0.3) is 0 Å². The Hall–Kier alpha value is -1.35. The van der Waals surface area contributed by atoms with Gasteiger partial charge in [-0.1, -0.05) is 50.1 Å². The van der Waals surface area contributed by atoms with E-state index in [2.05, 4.69) is 49.2 Å². The lowest BCUT2D eigenvalue weighted by Crippen LogP contribution is -2.48. The van der Waals surface area contributed by atoms with E-state index in [1.165, 1.54) is 44.8 Å². The zero-order valence-electron chi connectivity index (χ0n) is 16.0. The number of fused-ring (bicyclic) bond motifs is 2. The van der Waals surface area contributed by atoms with Crippen molar-refractivity contribution in [2.45, 2.75) is 64.0 Å². The highest BCUT2D eigenvalue weighted by Gasteiger charge is 2.50. The first-order valence-electron chi connectivity index (χ1n) is 9.96. The third-order valence-corrected chi connectivity index (χ3v) is 6.68. The van der Waals surface area contributed by atoms with Gasteiger partial charge in [-0.2, -0.15) is 0 Å². The fraction of sp³-hybridized carbons (Fsp3) is 0.682. The van der Waals surface area contributed by atoms with Crippen LogP contribution in [0.2, 0.25) is 0 Å². The van der Waals surface area contributed by atoms with Crippen LogP contribution in [-0.4, -0.2) is 37.1 Å². The summed E-state index contributed by atoms with van der Waals surface area (Å²) in [6.45, 7) is 2.28. The van der Waals surface area contributed by atoms with Crippen molar-refractivity contribution in [3.8, 4) is 0 Å². The molecule has 2 aliphatic rings. The first-order valence-corrected chi connectivity index (χ1v) is 9.96. The van der Waals surface area contributed by atoms with Gasteiger partial charge in [-0.05, 0) is 56.0 Å². The Bertz CT molecular complexity index is 558. The molecule has 5 atom stereocenters. The number of rotatable bonds is 7. The third kappa shape index (κ3) is 4.08. The number of esters is 1. The van der Waals surface area contributed by atoms with Crippen molar-refractivity contribution in [2.75, 3.05) is 14.2 Å². The quantitative estimate of drug-likeness (QED) is 0.691. The van der Waals surface area contributed by atoms with Gasteiger partial charge in [0.15, 0.2) is 0 Å². The van der Waals surface area contributed by atoms with Crippen molar-refractivity contribution >= 4 is 5.97 Å². The molecule has 0 spiro atoms. The smallest absolute Gasteiger partial charge is 0.305 e. The molecule has 25 heavy (non-hydrogen) atoms. The number of ether oxygens (including phenoxy) is 1. The van der Waals surface area contributed by atoms with E-state index in [1.54, 1.807) is 0 Å². The monoisotopic (exact) mass is 343 g/mol. The zero-order valence-corrected chi connectivity index (χ0v) is 16.0. The molecule has 3 rings (SSSR count). The molecular formula is C22H33NO2. The Labute approximate surface area is 152 Å². The van der Waals surface area contributed by atoms with Crippen LogP contribution in [0, 0.1) is 17.8 Å². The first-order chi connectivity index (χ1) is 12.1. The summed E-state index contributed by atoms with van der Waals surface area (Å²) < 4.78 is 5.03. The SMILES string of the molecule is CCCCC1CC2C(CC(=O)OC)C(Cc3ccccc3)CC1N2C. The van der Waals surface area contributed by atoms with Crippen LogP contribution in [0.3, 0.4) is 0 Å². The minimum Gasteiger partial charge on any atom is -0.469 e. The number of carbonyl (C=O) groups excluding carboxylic acids is 1. The largest absolute Gasteiger partial charge is 0.469 e. The molecule has 2 bridgehead atoms.